The van der Waals surface area contributed by atoms with E-state index in [-0.39, 0.29) is 12.2 Å². The van der Waals surface area contributed by atoms with E-state index in [1.807, 2.05) is 0 Å². The SMILES string of the molecule is Cn1ncc(Br)c1C(=O)Cc1cccc(C(F)(F)F)c1. The van der Waals surface area contributed by atoms with Gasteiger partial charge in [-0.1, -0.05) is 18.2 Å². The molecular formula is C13H10BrF3N2O. The minimum atomic E-state index is -4.41. The molecule has 1 heterocycles. The van der Waals surface area contributed by atoms with Gasteiger partial charge < -0.3 is 0 Å². The second-order valence-corrected chi connectivity index (χ2v) is 5.12. The molecular weight excluding hydrogens is 337 g/mol. The highest BCUT2D eigenvalue weighted by Gasteiger charge is 2.30. The largest absolute Gasteiger partial charge is 0.416 e. The maximum absolute atomic E-state index is 12.6. The van der Waals surface area contributed by atoms with Crippen LogP contribution in [0.3, 0.4) is 0 Å². The Balaban J connectivity index is 2.25. The van der Waals surface area contributed by atoms with Crippen LogP contribution in [0.15, 0.2) is 34.9 Å². The highest BCUT2D eigenvalue weighted by Crippen LogP contribution is 2.30. The maximum atomic E-state index is 12.6. The third-order valence-electron chi connectivity index (χ3n) is 2.78. The van der Waals surface area contributed by atoms with E-state index >= 15 is 0 Å². The Morgan fingerprint density at radius 2 is 2.10 bits per heavy atom. The summed E-state index contributed by atoms with van der Waals surface area (Å²) in [4.78, 5) is 12.1. The number of nitrogens with zero attached hydrogens (tertiary/aromatic N) is 2. The molecule has 0 aliphatic heterocycles. The van der Waals surface area contributed by atoms with Crippen LogP contribution in [-0.2, 0) is 19.6 Å². The quantitative estimate of drug-likeness (QED) is 0.795. The second-order valence-electron chi connectivity index (χ2n) is 4.26. The first-order valence-corrected chi connectivity index (χ1v) is 6.45. The van der Waals surface area contributed by atoms with Crippen LogP contribution in [0.4, 0.5) is 13.2 Å². The fraction of sp³-hybridized carbons (Fsp3) is 0.231. The van der Waals surface area contributed by atoms with Gasteiger partial charge in [0.2, 0.25) is 0 Å². The summed E-state index contributed by atoms with van der Waals surface area (Å²) in [6.07, 6.45) is -3.05. The van der Waals surface area contributed by atoms with Gasteiger partial charge in [-0.2, -0.15) is 18.3 Å². The molecule has 0 atom stereocenters. The van der Waals surface area contributed by atoms with E-state index < -0.39 is 11.7 Å². The Morgan fingerprint density at radius 3 is 2.65 bits per heavy atom. The lowest BCUT2D eigenvalue weighted by atomic mass is 10.0. The first kappa shape index (κ1) is 14.8. The van der Waals surface area contributed by atoms with Crippen molar-refractivity contribution in [3.8, 4) is 0 Å². The fourth-order valence-corrected chi connectivity index (χ4v) is 2.42. The number of ketones is 1. The first-order chi connectivity index (χ1) is 9.29. The van der Waals surface area contributed by atoms with E-state index in [9.17, 15) is 18.0 Å². The molecule has 0 amide bonds. The molecule has 0 radical (unpaired) electrons. The fourth-order valence-electron chi connectivity index (χ4n) is 1.85. The second kappa shape index (κ2) is 5.40. The summed E-state index contributed by atoms with van der Waals surface area (Å²) < 4.78 is 39.7. The average Bonchev–Trinajstić information content (AvgIpc) is 2.68. The Morgan fingerprint density at radius 1 is 1.40 bits per heavy atom. The molecule has 20 heavy (non-hydrogen) atoms. The molecule has 1 aromatic carbocycles. The van der Waals surface area contributed by atoms with Gasteiger partial charge >= 0.3 is 6.18 Å². The molecule has 0 spiro atoms. The van der Waals surface area contributed by atoms with Gasteiger partial charge in [-0.25, -0.2) is 0 Å². The van der Waals surface area contributed by atoms with Crippen LogP contribution < -0.4 is 0 Å². The average molecular weight is 347 g/mol. The lowest BCUT2D eigenvalue weighted by Gasteiger charge is -2.08. The molecule has 3 nitrogen and oxygen atoms in total. The van der Waals surface area contributed by atoms with Gasteiger partial charge in [-0.3, -0.25) is 9.48 Å². The number of benzene rings is 1. The van der Waals surface area contributed by atoms with E-state index in [1.54, 1.807) is 7.05 Å². The predicted molar refractivity (Wildman–Crippen MR) is 70.4 cm³/mol. The normalized spacial score (nSPS) is 11.7. The van der Waals surface area contributed by atoms with E-state index in [0.717, 1.165) is 12.1 Å². The van der Waals surface area contributed by atoms with Crippen molar-refractivity contribution < 1.29 is 18.0 Å². The zero-order chi connectivity index (χ0) is 14.9. The standard InChI is InChI=1S/C13H10BrF3N2O/c1-19-12(10(14)7-18-19)11(20)6-8-3-2-4-9(5-8)13(15,16)17/h2-5,7H,6H2,1H3. The summed E-state index contributed by atoms with van der Waals surface area (Å²) in [7, 11) is 1.60. The van der Waals surface area contributed by atoms with Gasteiger partial charge in [0.25, 0.3) is 0 Å². The zero-order valence-electron chi connectivity index (χ0n) is 10.4. The molecule has 0 bridgehead atoms. The molecule has 0 saturated carbocycles. The van der Waals surface area contributed by atoms with Gasteiger partial charge in [0, 0.05) is 13.5 Å². The molecule has 0 aliphatic carbocycles. The minimum absolute atomic E-state index is 0.109. The Kier molecular flexibility index (Phi) is 3.99. The predicted octanol–water partition coefficient (Wildman–Crippen LogP) is 3.63. The molecule has 1 aromatic heterocycles. The highest BCUT2D eigenvalue weighted by atomic mass is 79.9. The van der Waals surface area contributed by atoms with Crippen LogP contribution in [0.1, 0.15) is 21.6 Å². The van der Waals surface area contributed by atoms with Crippen molar-refractivity contribution in [1.82, 2.24) is 9.78 Å². The molecule has 2 aromatic rings. The van der Waals surface area contributed by atoms with Crippen LogP contribution in [0.2, 0.25) is 0 Å². The van der Waals surface area contributed by atoms with Crippen LogP contribution in [0, 0.1) is 0 Å². The van der Waals surface area contributed by atoms with E-state index in [1.165, 1.54) is 23.0 Å². The Bertz CT molecular complexity index is 630. The van der Waals surface area contributed by atoms with Gasteiger partial charge in [0.05, 0.1) is 16.2 Å². The first-order valence-electron chi connectivity index (χ1n) is 5.66. The summed E-state index contributed by atoms with van der Waals surface area (Å²) >= 11 is 3.19. The van der Waals surface area contributed by atoms with Crippen molar-refractivity contribution in [3.63, 3.8) is 0 Å². The van der Waals surface area contributed by atoms with Crippen molar-refractivity contribution in [2.45, 2.75) is 12.6 Å². The van der Waals surface area contributed by atoms with Crippen LogP contribution >= 0.6 is 15.9 Å². The van der Waals surface area contributed by atoms with Gasteiger partial charge in [0.1, 0.15) is 5.69 Å². The summed E-state index contributed by atoms with van der Waals surface area (Å²) in [5.41, 5.74) is -0.104. The molecule has 0 unspecified atom stereocenters. The molecule has 0 saturated heterocycles. The van der Waals surface area contributed by atoms with Crippen molar-refractivity contribution in [1.29, 1.82) is 0 Å². The monoisotopic (exact) mass is 346 g/mol. The smallest absolute Gasteiger partial charge is 0.292 e. The molecule has 0 aliphatic rings. The number of carbonyl (C=O) groups excluding carboxylic acids is 1. The number of alkyl halides is 3. The van der Waals surface area contributed by atoms with Crippen molar-refractivity contribution in [2.24, 2.45) is 7.05 Å². The summed E-state index contributed by atoms with van der Waals surface area (Å²) in [5.74, 6) is -0.295. The lowest BCUT2D eigenvalue weighted by molar-refractivity contribution is -0.137. The number of hydrogen-bond donors (Lipinski definition) is 0. The summed E-state index contributed by atoms with van der Waals surface area (Å²) in [6, 6.07) is 4.76. The van der Waals surface area contributed by atoms with E-state index in [0.29, 0.717) is 15.7 Å². The Labute approximate surface area is 121 Å². The highest BCUT2D eigenvalue weighted by molar-refractivity contribution is 9.10. The third-order valence-corrected chi connectivity index (χ3v) is 3.36. The number of carbonyl (C=O) groups is 1. The lowest BCUT2D eigenvalue weighted by Crippen LogP contribution is -2.11. The van der Waals surface area contributed by atoms with Crippen LogP contribution in [0.25, 0.3) is 0 Å². The molecule has 106 valence electrons. The molecule has 0 N–H and O–H groups in total. The van der Waals surface area contributed by atoms with Gasteiger partial charge in [-0.15, -0.1) is 0 Å². The van der Waals surface area contributed by atoms with Crippen molar-refractivity contribution >= 4 is 21.7 Å². The minimum Gasteiger partial charge on any atom is -0.292 e. The van der Waals surface area contributed by atoms with Crippen LogP contribution in [0.5, 0.6) is 0 Å². The van der Waals surface area contributed by atoms with Gasteiger partial charge in [-0.05, 0) is 27.6 Å². The van der Waals surface area contributed by atoms with Crippen LogP contribution in [-0.4, -0.2) is 15.6 Å². The van der Waals surface area contributed by atoms with Crippen molar-refractivity contribution in [3.05, 3.63) is 51.8 Å². The number of rotatable bonds is 3. The van der Waals surface area contributed by atoms with E-state index in [2.05, 4.69) is 21.0 Å². The number of Topliss-reactive ketones (excluding diaryl/α,β-unsaturated/α-hetero) is 1. The Hall–Kier alpha value is -1.63. The number of aromatic nitrogens is 2. The molecule has 2 rings (SSSR count). The molecule has 7 heteroatoms. The third kappa shape index (κ3) is 3.09. The summed E-state index contributed by atoms with van der Waals surface area (Å²) in [5, 5.41) is 3.90. The number of aryl methyl sites for hydroxylation is 1. The van der Waals surface area contributed by atoms with E-state index in [4.69, 9.17) is 0 Å². The maximum Gasteiger partial charge on any atom is 0.416 e. The number of halogens is 4. The van der Waals surface area contributed by atoms with Crippen molar-refractivity contribution in [2.75, 3.05) is 0 Å². The zero-order valence-corrected chi connectivity index (χ0v) is 12.0. The topological polar surface area (TPSA) is 34.9 Å². The number of hydrogen-bond acceptors (Lipinski definition) is 2. The van der Waals surface area contributed by atoms with Gasteiger partial charge in [0.15, 0.2) is 5.78 Å². The summed E-state index contributed by atoms with van der Waals surface area (Å²) in [6.45, 7) is 0. The molecule has 0 fully saturated rings.